The molecule has 0 aliphatic carbocycles. The maximum Gasteiger partial charge on any atom is 0.251 e. The van der Waals surface area contributed by atoms with Crippen molar-refractivity contribution in [3.63, 3.8) is 0 Å². The molecule has 0 atom stereocenters. The summed E-state index contributed by atoms with van der Waals surface area (Å²) in [4.78, 5) is 12.1. The summed E-state index contributed by atoms with van der Waals surface area (Å²) in [5, 5.41) is 3.87. The first-order chi connectivity index (χ1) is 8.06. The molecule has 0 bridgehead atoms. The van der Waals surface area contributed by atoms with E-state index in [-0.39, 0.29) is 10.6 Å². The van der Waals surface area contributed by atoms with Crippen molar-refractivity contribution in [1.82, 2.24) is 9.89 Å². The highest BCUT2D eigenvalue weighted by molar-refractivity contribution is 6.30. The lowest BCUT2D eigenvalue weighted by molar-refractivity contribution is 0.100. The molecule has 0 fully saturated rings. The third kappa shape index (κ3) is 2.54. The van der Waals surface area contributed by atoms with Gasteiger partial charge in [-0.1, -0.05) is 11.6 Å². The highest BCUT2D eigenvalue weighted by Crippen LogP contribution is 2.18. The highest BCUT2D eigenvalue weighted by atomic mass is 35.5. The molecule has 1 aromatic heterocycles. The van der Waals surface area contributed by atoms with Gasteiger partial charge in [0.2, 0.25) is 0 Å². The maximum absolute atomic E-state index is 13.1. The van der Waals surface area contributed by atoms with Crippen LogP contribution in [0.5, 0.6) is 0 Å². The van der Waals surface area contributed by atoms with Crippen molar-refractivity contribution in [3.05, 3.63) is 47.0 Å². The monoisotopic (exact) mass is 254 g/mol. The van der Waals surface area contributed by atoms with E-state index in [0.29, 0.717) is 5.69 Å². The quantitative estimate of drug-likeness (QED) is 0.875. The predicted molar refractivity (Wildman–Crippen MR) is 61.2 cm³/mol. The van der Waals surface area contributed by atoms with Crippen LogP contribution in [0.25, 0.3) is 0 Å². The van der Waals surface area contributed by atoms with Gasteiger partial charge in [-0.05, 0) is 12.1 Å². The molecule has 88 valence electrons. The van der Waals surface area contributed by atoms with E-state index in [1.165, 1.54) is 29.3 Å². The van der Waals surface area contributed by atoms with E-state index < -0.39 is 11.7 Å². The number of carbonyl (C=O) groups is 1. The van der Waals surface area contributed by atoms with Crippen molar-refractivity contribution >= 4 is 23.2 Å². The number of nitrogens with two attached hydrogens (primary N) is 1. The minimum Gasteiger partial charge on any atom is -0.365 e. The normalized spacial score (nSPS) is 10.2. The number of amides is 1. The summed E-state index contributed by atoms with van der Waals surface area (Å²) in [6.45, 7) is 0. The Hall–Kier alpha value is -2.08. The van der Waals surface area contributed by atoms with E-state index in [0.717, 1.165) is 0 Å². The predicted octanol–water partition coefficient (Wildman–Crippen LogP) is 1.65. The fraction of sp³-hybridized carbons (Fsp3) is 0. The molecule has 3 N–H and O–H groups in total. The average molecular weight is 255 g/mol. The van der Waals surface area contributed by atoms with Gasteiger partial charge in [0.15, 0.2) is 0 Å². The molecular formula is C10H8ClFN4O. The van der Waals surface area contributed by atoms with E-state index in [9.17, 15) is 9.18 Å². The van der Waals surface area contributed by atoms with Gasteiger partial charge in [-0.15, -0.1) is 0 Å². The number of nitrogens with zero attached hydrogens (tertiary/aromatic N) is 2. The van der Waals surface area contributed by atoms with Gasteiger partial charge in [0.25, 0.3) is 5.91 Å². The first-order valence-corrected chi connectivity index (χ1v) is 5.00. The SMILES string of the molecule is NC(=O)c1cnn(Nc2ccc(Cl)c(F)c2)c1. The zero-order valence-electron chi connectivity index (χ0n) is 8.52. The lowest BCUT2D eigenvalue weighted by Crippen LogP contribution is -2.11. The fourth-order valence-corrected chi connectivity index (χ4v) is 1.33. The van der Waals surface area contributed by atoms with Crippen LogP contribution in [0.4, 0.5) is 10.1 Å². The van der Waals surface area contributed by atoms with E-state index >= 15 is 0 Å². The number of primary amides is 1. The molecule has 0 spiro atoms. The number of rotatable bonds is 3. The highest BCUT2D eigenvalue weighted by Gasteiger charge is 2.05. The van der Waals surface area contributed by atoms with Gasteiger partial charge in [0.05, 0.1) is 28.7 Å². The average Bonchev–Trinajstić information content (AvgIpc) is 2.72. The summed E-state index contributed by atoms with van der Waals surface area (Å²) >= 11 is 5.54. The fourth-order valence-electron chi connectivity index (χ4n) is 1.21. The number of anilines is 1. The number of aromatic nitrogens is 2. The summed E-state index contributed by atoms with van der Waals surface area (Å²) in [6, 6.07) is 4.21. The van der Waals surface area contributed by atoms with E-state index in [1.54, 1.807) is 6.07 Å². The van der Waals surface area contributed by atoms with Gasteiger partial charge in [0, 0.05) is 6.07 Å². The van der Waals surface area contributed by atoms with Crippen molar-refractivity contribution in [3.8, 4) is 0 Å². The topological polar surface area (TPSA) is 72.9 Å². The van der Waals surface area contributed by atoms with Crippen LogP contribution in [0.2, 0.25) is 5.02 Å². The Morgan fingerprint density at radius 1 is 1.53 bits per heavy atom. The van der Waals surface area contributed by atoms with Gasteiger partial charge < -0.3 is 5.73 Å². The third-order valence-corrected chi connectivity index (χ3v) is 2.34. The molecule has 0 aliphatic rings. The lowest BCUT2D eigenvalue weighted by atomic mass is 10.3. The van der Waals surface area contributed by atoms with Crippen LogP contribution in [0, 0.1) is 5.82 Å². The van der Waals surface area contributed by atoms with Crippen LogP contribution in [0.3, 0.4) is 0 Å². The molecule has 0 unspecified atom stereocenters. The maximum atomic E-state index is 13.1. The second kappa shape index (κ2) is 4.42. The van der Waals surface area contributed by atoms with Gasteiger partial charge in [-0.3, -0.25) is 10.2 Å². The molecule has 0 radical (unpaired) electrons. The molecular weight excluding hydrogens is 247 g/mol. The molecule has 1 heterocycles. The second-order valence-electron chi connectivity index (χ2n) is 3.28. The van der Waals surface area contributed by atoms with Crippen molar-refractivity contribution in [2.75, 3.05) is 5.43 Å². The Morgan fingerprint density at radius 3 is 2.88 bits per heavy atom. The van der Waals surface area contributed by atoms with Crippen LogP contribution < -0.4 is 11.2 Å². The molecule has 0 aliphatic heterocycles. The summed E-state index contributed by atoms with van der Waals surface area (Å²) in [6.07, 6.45) is 2.70. The van der Waals surface area contributed by atoms with Crippen molar-refractivity contribution in [2.45, 2.75) is 0 Å². The van der Waals surface area contributed by atoms with Crippen LogP contribution in [-0.4, -0.2) is 15.8 Å². The molecule has 5 nitrogen and oxygen atoms in total. The van der Waals surface area contributed by atoms with Crippen LogP contribution in [0.15, 0.2) is 30.6 Å². The zero-order valence-corrected chi connectivity index (χ0v) is 9.28. The Kier molecular flexibility index (Phi) is 2.97. The summed E-state index contributed by atoms with van der Waals surface area (Å²) in [5.41, 5.74) is 8.52. The van der Waals surface area contributed by atoms with Gasteiger partial charge in [0.1, 0.15) is 5.82 Å². The molecule has 1 amide bonds. The van der Waals surface area contributed by atoms with Gasteiger partial charge >= 0.3 is 0 Å². The Bertz CT molecular complexity index is 569. The number of halogens is 2. The van der Waals surface area contributed by atoms with Gasteiger partial charge in [-0.25, -0.2) is 4.39 Å². The molecule has 7 heteroatoms. The van der Waals surface area contributed by atoms with Crippen LogP contribution >= 0.6 is 11.6 Å². The Balaban J connectivity index is 2.19. The number of hydrogen-bond donors (Lipinski definition) is 2. The summed E-state index contributed by atoms with van der Waals surface area (Å²) < 4.78 is 13.1. The number of carbonyl (C=O) groups excluding carboxylic acids is 1. The number of hydrogen-bond acceptors (Lipinski definition) is 3. The van der Waals surface area contributed by atoms with Crippen LogP contribution in [0.1, 0.15) is 10.4 Å². The Morgan fingerprint density at radius 2 is 2.29 bits per heavy atom. The molecule has 17 heavy (non-hydrogen) atoms. The van der Waals surface area contributed by atoms with E-state index in [2.05, 4.69) is 10.5 Å². The lowest BCUT2D eigenvalue weighted by Gasteiger charge is -2.05. The van der Waals surface area contributed by atoms with Crippen LogP contribution in [-0.2, 0) is 0 Å². The largest absolute Gasteiger partial charge is 0.365 e. The Labute approximate surface area is 101 Å². The smallest absolute Gasteiger partial charge is 0.251 e. The standard InChI is InChI=1S/C10H8ClFN4O/c11-8-2-1-7(3-9(8)12)15-16-5-6(4-14-16)10(13)17/h1-5,15H,(H2,13,17). The molecule has 2 aromatic rings. The van der Waals surface area contributed by atoms with Crippen molar-refractivity contribution < 1.29 is 9.18 Å². The van der Waals surface area contributed by atoms with Crippen molar-refractivity contribution in [1.29, 1.82) is 0 Å². The first-order valence-electron chi connectivity index (χ1n) is 4.63. The minimum atomic E-state index is -0.583. The molecule has 2 rings (SSSR count). The summed E-state index contributed by atoms with van der Waals surface area (Å²) in [5.74, 6) is -1.13. The van der Waals surface area contributed by atoms with E-state index in [1.807, 2.05) is 0 Å². The molecule has 1 aromatic carbocycles. The van der Waals surface area contributed by atoms with Gasteiger partial charge in [-0.2, -0.15) is 9.89 Å². The van der Waals surface area contributed by atoms with E-state index in [4.69, 9.17) is 17.3 Å². The molecule has 0 saturated carbocycles. The second-order valence-corrected chi connectivity index (χ2v) is 3.69. The van der Waals surface area contributed by atoms with Crippen molar-refractivity contribution in [2.24, 2.45) is 5.73 Å². The summed E-state index contributed by atoms with van der Waals surface area (Å²) in [7, 11) is 0. The third-order valence-electron chi connectivity index (χ3n) is 2.03. The minimum absolute atomic E-state index is 0.0360. The first kappa shape index (κ1) is 11.4. The zero-order chi connectivity index (χ0) is 12.4. The molecule has 0 saturated heterocycles. The number of benzene rings is 1. The number of nitrogens with one attached hydrogen (secondary N) is 1.